The molecule has 3 N–H and O–H groups in total. The third-order valence-corrected chi connectivity index (χ3v) is 5.12. The number of sulfonamides is 1. The van der Waals surface area contributed by atoms with Gasteiger partial charge in [0.2, 0.25) is 10.0 Å². The van der Waals surface area contributed by atoms with Crippen molar-refractivity contribution in [2.45, 2.75) is 32.2 Å². The van der Waals surface area contributed by atoms with E-state index in [1.807, 2.05) is 33.9 Å². The molecule has 0 aliphatic carbocycles. The van der Waals surface area contributed by atoms with Crippen molar-refractivity contribution < 1.29 is 8.42 Å². The van der Waals surface area contributed by atoms with Crippen LogP contribution in [0.5, 0.6) is 0 Å². The van der Waals surface area contributed by atoms with E-state index in [0.29, 0.717) is 24.5 Å². The lowest BCUT2D eigenvalue weighted by Gasteiger charge is -2.16. The van der Waals surface area contributed by atoms with Gasteiger partial charge >= 0.3 is 0 Å². The SMILES string of the molecule is CCN(C)CCNS(=O)(=O)c1cc(CN)cc(C)c1C. The van der Waals surface area contributed by atoms with Crippen LogP contribution in [0.15, 0.2) is 17.0 Å². The van der Waals surface area contributed by atoms with Crippen molar-refractivity contribution in [3.63, 3.8) is 0 Å². The highest BCUT2D eigenvalue weighted by Gasteiger charge is 2.18. The van der Waals surface area contributed by atoms with E-state index < -0.39 is 10.0 Å². The molecule has 0 fully saturated rings. The summed E-state index contributed by atoms with van der Waals surface area (Å²) in [6.45, 7) is 8.07. The van der Waals surface area contributed by atoms with Gasteiger partial charge in [-0.3, -0.25) is 0 Å². The van der Waals surface area contributed by atoms with Crippen molar-refractivity contribution in [2.24, 2.45) is 5.73 Å². The molecule has 0 spiro atoms. The van der Waals surface area contributed by atoms with Crippen LogP contribution in [0.25, 0.3) is 0 Å². The van der Waals surface area contributed by atoms with Gasteiger partial charge in [-0.25, -0.2) is 13.1 Å². The molecule has 1 aromatic rings. The van der Waals surface area contributed by atoms with E-state index >= 15 is 0 Å². The molecule has 6 heteroatoms. The van der Waals surface area contributed by atoms with Crippen LogP contribution in [-0.2, 0) is 16.6 Å². The van der Waals surface area contributed by atoms with E-state index in [4.69, 9.17) is 5.73 Å². The maximum Gasteiger partial charge on any atom is 0.240 e. The molecular weight excluding hydrogens is 274 g/mol. The molecule has 20 heavy (non-hydrogen) atoms. The molecule has 0 saturated carbocycles. The van der Waals surface area contributed by atoms with Gasteiger partial charge in [-0.1, -0.05) is 13.0 Å². The summed E-state index contributed by atoms with van der Waals surface area (Å²) in [5, 5.41) is 0. The smallest absolute Gasteiger partial charge is 0.240 e. The second-order valence-corrected chi connectivity index (χ2v) is 6.77. The molecule has 0 bridgehead atoms. The Labute approximate surface area is 122 Å². The number of rotatable bonds is 7. The van der Waals surface area contributed by atoms with E-state index in [2.05, 4.69) is 9.62 Å². The third-order valence-electron chi connectivity index (χ3n) is 3.53. The molecule has 0 atom stereocenters. The van der Waals surface area contributed by atoms with Crippen molar-refractivity contribution >= 4 is 10.0 Å². The van der Waals surface area contributed by atoms with E-state index in [1.54, 1.807) is 6.07 Å². The monoisotopic (exact) mass is 299 g/mol. The number of likely N-dealkylation sites (N-methyl/N-ethyl adjacent to an activating group) is 1. The summed E-state index contributed by atoms with van der Waals surface area (Å²) in [4.78, 5) is 2.38. The Kier molecular flexibility index (Phi) is 6.13. The minimum absolute atomic E-state index is 0.331. The Balaban J connectivity index is 2.95. The lowest BCUT2D eigenvalue weighted by Crippen LogP contribution is -2.33. The Morgan fingerprint density at radius 2 is 1.95 bits per heavy atom. The van der Waals surface area contributed by atoms with E-state index in [9.17, 15) is 8.42 Å². The summed E-state index contributed by atoms with van der Waals surface area (Å²) < 4.78 is 27.4. The summed E-state index contributed by atoms with van der Waals surface area (Å²) in [6.07, 6.45) is 0. The predicted octanol–water partition coefficient (Wildman–Crippen LogP) is 0.992. The van der Waals surface area contributed by atoms with Gasteiger partial charge in [0.1, 0.15) is 0 Å². The van der Waals surface area contributed by atoms with Gasteiger partial charge in [-0.2, -0.15) is 0 Å². The summed E-state index contributed by atoms with van der Waals surface area (Å²) in [7, 11) is -1.53. The Morgan fingerprint density at radius 3 is 2.50 bits per heavy atom. The van der Waals surface area contributed by atoms with Crippen LogP contribution < -0.4 is 10.5 Å². The van der Waals surface area contributed by atoms with Gasteiger partial charge in [0.25, 0.3) is 0 Å². The van der Waals surface area contributed by atoms with Crippen LogP contribution in [0.2, 0.25) is 0 Å². The fraction of sp³-hybridized carbons (Fsp3) is 0.571. The highest BCUT2D eigenvalue weighted by atomic mass is 32.2. The molecule has 0 radical (unpaired) electrons. The molecular formula is C14H25N3O2S. The zero-order valence-electron chi connectivity index (χ0n) is 12.7. The number of nitrogens with zero attached hydrogens (tertiary/aromatic N) is 1. The summed E-state index contributed by atoms with van der Waals surface area (Å²) in [6, 6.07) is 3.59. The minimum Gasteiger partial charge on any atom is -0.326 e. The Bertz CT molecular complexity index is 556. The first kappa shape index (κ1) is 17.1. The van der Waals surface area contributed by atoms with Crippen LogP contribution in [0, 0.1) is 13.8 Å². The Morgan fingerprint density at radius 1 is 1.30 bits per heavy atom. The van der Waals surface area contributed by atoms with Gasteiger partial charge in [-0.15, -0.1) is 0 Å². The summed E-state index contributed by atoms with van der Waals surface area (Å²) in [5.41, 5.74) is 8.17. The second-order valence-electron chi connectivity index (χ2n) is 5.03. The lowest BCUT2D eigenvalue weighted by atomic mass is 10.1. The fourth-order valence-corrected chi connectivity index (χ4v) is 3.29. The largest absolute Gasteiger partial charge is 0.326 e. The van der Waals surface area contributed by atoms with E-state index in [1.165, 1.54) is 0 Å². The van der Waals surface area contributed by atoms with Crippen molar-refractivity contribution in [1.82, 2.24) is 9.62 Å². The minimum atomic E-state index is -3.48. The highest BCUT2D eigenvalue weighted by Crippen LogP contribution is 2.20. The van der Waals surface area contributed by atoms with E-state index in [-0.39, 0.29) is 0 Å². The molecule has 0 unspecified atom stereocenters. The lowest BCUT2D eigenvalue weighted by molar-refractivity contribution is 0.358. The summed E-state index contributed by atoms with van der Waals surface area (Å²) >= 11 is 0. The van der Waals surface area contributed by atoms with Crippen molar-refractivity contribution in [3.8, 4) is 0 Å². The van der Waals surface area contributed by atoms with Crippen LogP contribution in [0.4, 0.5) is 0 Å². The van der Waals surface area contributed by atoms with Crippen LogP contribution in [-0.4, -0.2) is 40.0 Å². The first-order chi connectivity index (χ1) is 9.31. The molecule has 0 aromatic heterocycles. The molecule has 1 aromatic carbocycles. The molecule has 0 aliphatic heterocycles. The van der Waals surface area contributed by atoms with Gasteiger partial charge in [-0.05, 0) is 50.2 Å². The number of nitrogens with one attached hydrogen (secondary N) is 1. The molecule has 114 valence electrons. The van der Waals surface area contributed by atoms with Crippen LogP contribution in [0.3, 0.4) is 0 Å². The number of nitrogens with two attached hydrogens (primary N) is 1. The standard InChI is InChI=1S/C14H25N3O2S/c1-5-17(4)7-6-16-20(18,19)14-9-13(10-15)8-11(2)12(14)3/h8-9,16H,5-7,10,15H2,1-4H3. The summed E-state index contributed by atoms with van der Waals surface area (Å²) in [5.74, 6) is 0. The van der Waals surface area contributed by atoms with E-state index in [0.717, 1.165) is 23.2 Å². The van der Waals surface area contributed by atoms with Crippen molar-refractivity contribution in [3.05, 3.63) is 28.8 Å². The normalized spacial score (nSPS) is 12.1. The van der Waals surface area contributed by atoms with Crippen LogP contribution in [0.1, 0.15) is 23.6 Å². The quantitative estimate of drug-likeness (QED) is 0.787. The third kappa shape index (κ3) is 4.28. The van der Waals surface area contributed by atoms with Gasteiger partial charge in [0.15, 0.2) is 0 Å². The number of hydrogen-bond donors (Lipinski definition) is 2. The number of benzene rings is 1. The molecule has 0 amide bonds. The van der Waals surface area contributed by atoms with Gasteiger partial charge in [0, 0.05) is 19.6 Å². The molecule has 0 saturated heterocycles. The van der Waals surface area contributed by atoms with Gasteiger partial charge < -0.3 is 10.6 Å². The molecule has 0 heterocycles. The number of hydrogen-bond acceptors (Lipinski definition) is 4. The number of aryl methyl sites for hydroxylation is 1. The molecule has 5 nitrogen and oxygen atoms in total. The fourth-order valence-electron chi connectivity index (χ4n) is 1.90. The predicted molar refractivity (Wildman–Crippen MR) is 82.2 cm³/mol. The van der Waals surface area contributed by atoms with Crippen molar-refractivity contribution in [2.75, 3.05) is 26.7 Å². The topological polar surface area (TPSA) is 75.4 Å². The Hall–Kier alpha value is -0.950. The first-order valence-corrected chi connectivity index (χ1v) is 8.28. The highest BCUT2D eigenvalue weighted by molar-refractivity contribution is 7.89. The average molecular weight is 299 g/mol. The average Bonchev–Trinajstić information content (AvgIpc) is 2.40. The zero-order chi connectivity index (χ0) is 15.3. The maximum atomic E-state index is 12.4. The maximum absolute atomic E-state index is 12.4. The zero-order valence-corrected chi connectivity index (χ0v) is 13.5. The van der Waals surface area contributed by atoms with Crippen LogP contribution >= 0.6 is 0 Å². The van der Waals surface area contributed by atoms with Crippen molar-refractivity contribution in [1.29, 1.82) is 0 Å². The second kappa shape index (κ2) is 7.17. The van der Waals surface area contributed by atoms with Gasteiger partial charge in [0.05, 0.1) is 4.90 Å². The first-order valence-electron chi connectivity index (χ1n) is 6.80. The molecule has 0 aliphatic rings. The molecule has 1 rings (SSSR count).